The molecular formula is C15H26ClN3O4S2. The summed E-state index contributed by atoms with van der Waals surface area (Å²) in [5.41, 5.74) is 0.363. The molecule has 0 radical (unpaired) electrons. The van der Waals surface area contributed by atoms with Crippen molar-refractivity contribution < 1.29 is 16.8 Å². The molecular weight excluding hydrogens is 386 g/mol. The van der Waals surface area contributed by atoms with Gasteiger partial charge >= 0.3 is 0 Å². The standard InChI is InChI=1S/C15H25N3O4S2.ClH/c1-2-3-11-23(19,20)18-13-6-8-15(9-7-13)24(21,22)17-12-14-5-4-10-16-14;/h6-9,14,16-18H,2-5,10-12H2,1H3;1H. The lowest BCUT2D eigenvalue weighted by molar-refractivity contribution is 0.552. The second-order valence-corrected chi connectivity index (χ2v) is 9.55. The van der Waals surface area contributed by atoms with E-state index in [9.17, 15) is 16.8 Å². The van der Waals surface area contributed by atoms with E-state index >= 15 is 0 Å². The van der Waals surface area contributed by atoms with Gasteiger partial charge in [-0.2, -0.15) is 0 Å². The third-order valence-electron chi connectivity index (χ3n) is 3.89. The van der Waals surface area contributed by atoms with Crippen LogP contribution in [0.1, 0.15) is 32.6 Å². The molecule has 0 bridgehead atoms. The Bertz CT molecular complexity index is 731. The van der Waals surface area contributed by atoms with E-state index in [0.717, 1.165) is 25.8 Å². The average Bonchev–Trinajstić information content (AvgIpc) is 3.05. The number of anilines is 1. The molecule has 1 aromatic carbocycles. The van der Waals surface area contributed by atoms with E-state index in [1.807, 2.05) is 6.92 Å². The van der Waals surface area contributed by atoms with Gasteiger partial charge in [-0.15, -0.1) is 12.4 Å². The Balaban J connectivity index is 0.00000312. The van der Waals surface area contributed by atoms with Crippen LogP contribution in [0, 0.1) is 0 Å². The minimum Gasteiger partial charge on any atom is -0.313 e. The number of unbranched alkanes of at least 4 members (excludes halogenated alkanes) is 1. The summed E-state index contributed by atoms with van der Waals surface area (Å²) < 4.78 is 53.2. The summed E-state index contributed by atoms with van der Waals surface area (Å²) >= 11 is 0. The van der Waals surface area contributed by atoms with Crippen LogP contribution in [0.15, 0.2) is 29.2 Å². The first-order chi connectivity index (χ1) is 11.3. The maximum Gasteiger partial charge on any atom is 0.240 e. The summed E-state index contributed by atoms with van der Waals surface area (Å²) in [6, 6.07) is 5.91. The van der Waals surface area contributed by atoms with E-state index in [0.29, 0.717) is 18.7 Å². The van der Waals surface area contributed by atoms with E-state index in [1.54, 1.807) is 0 Å². The summed E-state index contributed by atoms with van der Waals surface area (Å²) in [6.45, 7) is 3.19. The van der Waals surface area contributed by atoms with E-state index in [1.165, 1.54) is 24.3 Å². The zero-order valence-electron chi connectivity index (χ0n) is 14.2. The lowest BCUT2D eigenvalue weighted by atomic mass is 10.2. The van der Waals surface area contributed by atoms with Gasteiger partial charge in [0.05, 0.1) is 10.6 Å². The molecule has 1 aromatic rings. The first-order valence-electron chi connectivity index (χ1n) is 8.16. The van der Waals surface area contributed by atoms with Gasteiger partial charge in [-0.05, 0) is 50.1 Å². The van der Waals surface area contributed by atoms with Gasteiger partial charge in [-0.1, -0.05) is 13.3 Å². The molecule has 3 N–H and O–H groups in total. The molecule has 0 saturated carbocycles. The molecule has 1 fully saturated rings. The highest BCUT2D eigenvalue weighted by Crippen LogP contribution is 2.16. The molecule has 0 amide bonds. The van der Waals surface area contributed by atoms with E-state index in [-0.39, 0.29) is 29.1 Å². The normalized spacial score (nSPS) is 17.9. The fourth-order valence-electron chi connectivity index (χ4n) is 2.49. The predicted octanol–water partition coefficient (Wildman–Crippen LogP) is 1.68. The molecule has 0 aromatic heterocycles. The van der Waals surface area contributed by atoms with Crippen molar-refractivity contribution >= 4 is 38.1 Å². The van der Waals surface area contributed by atoms with Gasteiger partial charge in [0.2, 0.25) is 20.0 Å². The zero-order chi connectivity index (χ0) is 17.6. The van der Waals surface area contributed by atoms with Crippen molar-refractivity contribution in [1.29, 1.82) is 0 Å². The summed E-state index contributed by atoms with van der Waals surface area (Å²) in [6.07, 6.45) is 3.39. The molecule has 0 spiro atoms. The minimum atomic E-state index is -3.59. The second-order valence-electron chi connectivity index (χ2n) is 5.94. The second kappa shape index (κ2) is 9.72. The Morgan fingerprint density at radius 3 is 2.40 bits per heavy atom. The highest BCUT2D eigenvalue weighted by atomic mass is 35.5. The van der Waals surface area contributed by atoms with Crippen LogP contribution in [0.4, 0.5) is 5.69 Å². The van der Waals surface area contributed by atoms with Crippen LogP contribution in [0.2, 0.25) is 0 Å². The third kappa shape index (κ3) is 7.10. The number of nitrogens with one attached hydrogen (secondary N) is 3. The van der Waals surface area contributed by atoms with Gasteiger partial charge in [-0.25, -0.2) is 21.6 Å². The minimum absolute atomic E-state index is 0. The van der Waals surface area contributed by atoms with Crippen molar-refractivity contribution in [3.05, 3.63) is 24.3 Å². The van der Waals surface area contributed by atoms with Gasteiger partial charge in [0.15, 0.2) is 0 Å². The molecule has 0 aliphatic carbocycles. The van der Waals surface area contributed by atoms with Crippen LogP contribution in [0.25, 0.3) is 0 Å². The molecule has 1 saturated heterocycles. The van der Waals surface area contributed by atoms with Gasteiger partial charge in [0.1, 0.15) is 0 Å². The third-order valence-corrected chi connectivity index (χ3v) is 6.70. The fraction of sp³-hybridized carbons (Fsp3) is 0.600. The Morgan fingerprint density at radius 2 is 1.84 bits per heavy atom. The molecule has 1 aliphatic heterocycles. The fourth-order valence-corrected chi connectivity index (χ4v) is 4.84. The molecule has 7 nitrogen and oxygen atoms in total. The molecule has 1 atom stereocenters. The summed E-state index contributed by atoms with van der Waals surface area (Å²) in [5, 5.41) is 3.23. The molecule has 10 heteroatoms. The van der Waals surface area contributed by atoms with E-state index < -0.39 is 20.0 Å². The lowest BCUT2D eigenvalue weighted by Gasteiger charge is -2.12. The largest absolute Gasteiger partial charge is 0.313 e. The smallest absolute Gasteiger partial charge is 0.240 e. The highest BCUT2D eigenvalue weighted by molar-refractivity contribution is 7.92. The van der Waals surface area contributed by atoms with Crippen LogP contribution >= 0.6 is 12.4 Å². The van der Waals surface area contributed by atoms with Gasteiger partial charge < -0.3 is 5.32 Å². The maximum absolute atomic E-state index is 12.2. The predicted molar refractivity (Wildman–Crippen MR) is 102 cm³/mol. The van der Waals surface area contributed by atoms with Crippen molar-refractivity contribution in [2.75, 3.05) is 23.6 Å². The zero-order valence-corrected chi connectivity index (χ0v) is 16.6. The van der Waals surface area contributed by atoms with Gasteiger partial charge in [0, 0.05) is 18.3 Å². The van der Waals surface area contributed by atoms with Crippen LogP contribution in [0.3, 0.4) is 0 Å². The number of hydrogen-bond donors (Lipinski definition) is 3. The lowest BCUT2D eigenvalue weighted by Crippen LogP contribution is -2.37. The van der Waals surface area contributed by atoms with Crippen LogP contribution in [-0.2, 0) is 20.0 Å². The summed E-state index contributed by atoms with van der Waals surface area (Å²) in [7, 11) is -6.98. The molecule has 1 aliphatic rings. The van der Waals surface area contributed by atoms with E-state index in [4.69, 9.17) is 0 Å². The van der Waals surface area contributed by atoms with Crippen molar-refractivity contribution in [1.82, 2.24) is 10.0 Å². The van der Waals surface area contributed by atoms with Crippen LogP contribution in [0.5, 0.6) is 0 Å². The van der Waals surface area contributed by atoms with E-state index in [2.05, 4.69) is 14.8 Å². The molecule has 2 rings (SSSR count). The van der Waals surface area contributed by atoms with Crippen LogP contribution in [-0.4, -0.2) is 41.7 Å². The SMILES string of the molecule is CCCCS(=O)(=O)Nc1ccc(S(=O)(=O)NCC2CCCN2)cc1.Cl. The molecule has 1 unspecified atom stereocenters. The maximum atomic E-state index is 12.2. The Hall–Kier alpha value is -0.870. The van der Waals surface area contributed by atoms with Crippen molar-refractivity contribution in [2.45, 2.75) is 43.5 Å². The van der Waals surface area contributed by atoms with Gasteiger partial charge in [-0.3, -0.25) is 4.72 Å². The Morgan fingerprint density at radius 1 is 1.16 bits per heavy atom. The summed E-state index contributed by atoms with van der Waals surface area (Å²) in [4.78, 5) is 0.122. The number of hydrogen-bond acceptors (Lipinski definition) is 5. The number of rotatable bonds is 9. The first-order valence-corrected chi connectivity index (χ1v) is 11.3. The van der Waals surface area contributed by atoms with Crippen molar-refractivity contribution in [2.24, 2.45) is 0 Å². The number of sulfonamides is 2. The van der Waals surface area contributed by atoms with Crippen molar-refractivity contribution in [3.63, 3.8) is 0 Å². The number of benzene rings is 1. The monoisotopic (exact) mass is 411 g/mol. The number of halogens is 1. The topological polar surface area (TPSA) is 104 Å². The average molecular weight is 412 g/mol. The Kier molecular flexibility index (Phi) is 8.62. The molecule has 144 valence electrons. The molecule has 25 heavy (non-hydrogen) atoms. The summed E-state index contributed by atoms with van der Waals surface area (Å²) in [5.74, 6) is 0.0551. The van der Waals surface area contributed by atoms with Crippen molar-refractivity contribution in [3.8, 4) is 0 Å². The first kappa shape index (κ1) is 22.2. The highest BCUT2D eigenvalue weighted by Gasteiger charge is 2.19. The quantitative estimate of drug-likeness (QED) is 0.573. The van der Waals surface area contributed by atoms with Gasteiger partial charge in [0.25, 0.3) is 0 Å². The Labute approximate surface area is 156 Å². The van der Waals surface area contributed by atoms with Crippen LogP contribution < -0.4 is 14.8 Å². The molecule has 1 heterocycles.